The molecule has 6 rings (SSSR count). The van der Waals surface area contributed by atoms with E-state index in [1.165, 1.54) is 11.3 Å². The number of amides is 1. The van der Waals surface area contributed by atoms with E-state index in [9.17, 15) is 4.79 Å². The molecule has 8 nitrogen and oxygen atoms in total. The summed E-state index contributed by atoms with van der Waals surface area (Å²) in [7, 11) is 1.83. The number of hydrogen-bond acceptors (Lipinski definition) is 7. The number of rotatable bonds is 4. The van der Waals surface area contributed by atoms with Gasteiger partial charge >= 0.3 is 0 Å². The van der Waals surface area contributed by atoms with E-state index in [-0.39, 0.29) is 12.7 Å². The van der Waals surface area contributed by atoms with E-state index in [0.29, 0.717) is 27.8 Å². The molecular weight excluding hydrogens is 450 g/mol. The molecule has 1 aliphatic heterocycles. The fourth-order valence-electron chi connectivity index (χ4n) is 4.06. The first kappa shape index (κ1) is 20.4. The fourth-order valence-corrected chi connectivity index (χ4v) is 4.78. The van der Waals surface area contributed by atoms with Gasteiger partial charge in [0.25, 0.3) is 5.91 Å². The second-order valence-corrected chi connectivity index (χ2v) is 8.75. The van der Waals surface area contributed by atoms with Crippen molar-refractivity contribution < 1.29 is 14.3 Å². The van der Waals surface area contributed by atoms with E-state index in [4.69, 9.17) is 14.5 Å². The number of hydrogen-bond donors (Lipinski definition) is 1. The van der Waals surface area contributed by atoms with Crippen LogP contribution in [0.15, 0.2) is 60.0 Å². The number of aromatic nitrogens is 4. The summed E-state index contributed by atoms with van der Waals surface area (Å²) < 4.78 is 12.5. The van der Waals surface area contributed by atoms with Crippen molar-refractivity contribution in [2.75, 3.05) is 12.1 Å². The lowest BCUT2D eigenvalue weighted by atomic mass is 10.1. The lowest BCUT2D eigenvalue weighted by Gasteiger charge is -2.08. The van der Waals surface area contributed by atoms with Crippen molar-refractivity contribution in [1.29, 1.82) is 0 Å². The molecule has 0 aliphatic carbocycles. The minimum absolute atomic E-state index is 0.219. The highest BCUT2D eigenvalue weighted by Crippen LogP contribution is 2.37. The molecule has 168 valence electrons. The molecule has 0 atom stereocenters. The highest BCUT2D eigenvalue weighted by Gasteiger charge is 2.21. The van der Waals surface area contributed by atoms with Gasteiger partial charge in [-0.2, -0.15) is 5.10 Å². The molecule has 0 radical (unpaired) electrons. The van der Waals surface area contributed by atoms with E-state index in [1.807, 2.05) is 73.9 Å². The van der Waals surface area contributed by atoms with E-state index >= 15 is 0 Å². The highest BCUT2D eigenvalue weighted by molar-refractivity contribution is 7.14. The van der Waals surface area contributed by atoms with Crippen molar-refractivity contribution in [1.82, 2.24) is 19.7 Å². The van der Waals surface area contributed by atoms with Crippen LogP contribution in [-0.4, -0.2) is 32.4 Å². The number of nitrogens with one attached hydrogen (secondary N) is 1. The highest BCUT2D eigenvalue weighted by atomic mass is 32.1. The number of pyridine rings is 1. The second-order valence-electron chi connectivity index (χ2n) is 7.89. The minimum Gasteiger partial charge on any atom is -0.454 e. The van der Waals surface area contributed by atoms with Gasteiger partial charge in [-0.15, -0.1) is 11.3 Å². The van der Waals surface area contributed by atoms with E-state index in [0.717, 1.165) is 33.7 Å². The first-order chi connectivity index (χ1) is 16.6. The van der Waals surface area contributed by atoms with Crippen LogP contribution < -0.4 is 14.8 Å². The van der Waals surface area contributed by atoms with Gasteiger partial charge in [0.15, 0.2) is 22.3 Å². The number of fused-ring (bicyclic) bond motifs is 2. The number of carbonyl (C=O) groups excluding carboxylic acids is 1. The fraction of sp³-hybridized carbons (Fsp3) is 0.120. The van der Waals surface area contributed by atoms with Crippen LogP contribution in [0.3, 0.4) is 0 Å². The molecule has 34 heavy (non-hydrogen) atoms. The predicted molar refractivity (Wildman–Crippen MR) is 130 cm³/mol. The Balaban J connectivity index is 1.35. The summed E-state index contributed by atoms with van der Waals surface area (Å²) in [6.45, 7) is 2.10. The van der Waals surface area contributed by atoms with Gasteiger partial charge in [0.2, 0.25) is 6.79 Å². The molecule has 2 aromatic carbocycles. The van der Waals surface area contributed by atoms with Crippen molar-refractivity contribution in [2.24, 2.45) is 7.05 Å². The summed E-state index contributed by atoms with van der Waals surface area (Å²) in [4.78, 5) is 22.8. The normalized spacial score (nSPS) is 12.3. The molecule has 0 fully saturated rings. The van der Waals surface area contributed by atoms with Crippen LogP contribution in [0, 0.1) is 6.92 Å². The SMILES string of the molecule is Cc1nn(C)c2nc(-c3ccccc3)cc(C(=O)Nc3nc(-c4ccc5c(c4)OCO5)cs3)c12. The summed E-state index contributed by atoms with van der Waals surface area (Å²) >= 11 is 1.36. The lowest BCUT2D eigenvalue weighted by Crippen LogP contribution is -2.13. The minimum atomic E-state index is -0.257. The maximum absolute atomic E-state index is 13.4. The van der Waals surface area contributed by atoms with Crippen molar-refractivity contribution in [2.45, 2.75) is 6.92 Å². The number of nitrogens with zero attached hydrogens (tertiary/aromatic N) is 4. The Morgan fingerprint density at radius 3 is 2.68 bits per heavy atom. The van der Waals surface area contributed by atoms with Gasteiger partial charge < -0.3 is 9.47 Å². The monoisotopic (exact) mass is 469 g/mol. The molecular formula is C25H19N5O3S. The molecule has 1 amide bonds. The summed E-state index contributed by atoms with van der Waals surface area (Å²) in [5, 5.41) is 10.6. The molecule has 1 N–H and O–H groups in total. The number of thiazole rings is 1. The van der Waals surface area contributed by atoms with Gasteiger partial charge in [0.1, 0.15) is 0 Å². The zero-order chi connectivity index (χ0) is 23.2. The molecule has 4 heterocycles. The Kier molecular flexibility index (Phi) is 4.77. The maximum atomic E-state index is 13.4. The third-order valence-corrected chi connectivity index (χ3v) is 6.43. The standard InChI is InChI=1S/C25H19N5O3S/c1-14-22-17(11-18(15-6-4-3-5-7-15)26-23(22)30(2)29-14)24(31)28-25-27-19(12-34-25)16-8-9-20-21(10-16)33-13-32-20/h3-12H,13H2,1-2H3,(H,27,28,31). The van der Waals surface area contributed by atoms with Crippen molar-refractivity contribution in [3.8, 4) is 34.0 Å². The molecule has 0 spiro atoms. The number of benzene rings is 2. The Bertz CT molecular complexity index is 1560. The van der Waals surface area contributed by atoms with Gasteiger partial charge in [-0.3, -0.25) is 14.8 Å². The Hall–Kier alpha value is -4.24. The molecule has 0 saturated carbocycles. The van der Waals surface area contributed by atoms with Crippen LogP contribution in [0.5, 0.6) is 11.5 Å². The van der Waals surface area contributed by atoms with Gasteiger partial charge in [-0.05, 0) is 31.2 Å². The smallest absolute Gasteiger partial charge is 0.258 e. The third kappa shape index (κ3) is 3.46. The summed E-state index contributed by atoms with van der Waals surface area (Å²) in [5.41, 5.74) is 5.19. The van der Waals surface area contributed by atoms with Crippen LogP contribution in [0.25, 0.3) is 33.5 Å². The van der Waals surface area contributed by atoms with E-state index < -0.39 is 0 Å². The van der Waals surface area contributed by atoms with E-state index in [2.05, 4.69) is 15.4 Å². The van der Waals surface area contributed by atoms with Crippen LogP contribution in [0.1, 0.15) is 16.1 Å². The molecule has 1 aliphatic rings. The zero-order valence-corrected chi connectivity index (χ0v) is 19.2. The Morgan fingerprint density at radius 1 is 1.00 bits per heavy atom. The average Bonchev–Trinajstić information content (AvgIpc) is 3.58. The van der Waals surface area contributed by atoms with Crippen LogP contribution in [0.2, 0.25) is 0 Å². The molecule has 9 heteroatoms. The quantitative estimate of drug-likeness (QED) is 0.396. The summed E-state index contributed by atoms with van der Waals surface area (Å²) in [5.74, 6) is 1.15. The molecule has 0 bridgehead atoms. The number of anilines is 1. The second kappa shape index (κ2) is 7.96. The summed E-state index contributed by atoms with van der Waals surface area (Å²) in [6.07, 6.45) is 0. The Morgan fingerprint density at radius 2 is 1.82 bits per heavy atom. The molecule has 0 unspecified atom stereocenters. The van der Waals surface area contributed by atoms with Crippen molar-refractivity contribution in [3.63, 3.8) is 0 Å². The van der Waals surface area contributed by atoms with Gasteiger partial charge in [-0.1, -0.05) is 30.3 Å². The lowest BCUT2D eigenvalue weighted by molar-refractivity contribution is 0.102. The number of carbonyl (C=O) groups is 1. The van der Waals surface area contributed by atoms with E-state index in [1.54, 1.807) is 4.68 Å². The average molecular weight is 470 g/mol. The third-order valence-electron chi connectivity index (χ3n) is 5.68. The number of aryl methyl sites for hydroxylation is 2. The zero-order valence-electron chi connectivity index (χ0n) is 18.4. The largest absolute Gasteiger partial charge is 0.454 e. The van der Waals surface area contributed by atoms with Crippen LogP contribution in [-0.2, 0) is 7.05 Å². The Labute approximate surface area is 198 Å². The first-order valence-electron chi connectivity index (χ1n) is 10.6. The topological polar surface area (TPSA) is 91.2 Å². The maximum Gasteiger partial charge on any atom is 0.258 e. The van der Waals surface area contributed by atoms with Crippen molar-refractivity contribution in [3.05, 3.63) is 71.2 Å². The molecule has 3 aromatic heterocycles. The first-order valence-corrected chi connectivity index (χ1v) is 11.5. The predicted octanol–water partition coefficient (Wildman–Crippen LogP) is 5.05. The molecule has 5 aromatic rings. The summed E-state index contributed by atoms with van der Waals surface area (Å²) in [6, 6.07) is 17.3. The van der Waals surface area contributed by atoms with Gasteiger partial charge in [0.05, 0.1) is 28.0 Å². The van der Waals surface area contributed by atoms with Crippen molar-refractivity contribution >= 4 is 33.4 Å². The number of ether oxygens (including phenoxy) is 2. The van der Waals surface area contributed by atoms with Crippen LogP contribution >= 0.6 is 11.3 Å². The van der Waals surface area contributed by atoms with Gasteiger partial charge in [0, 0.05) is 23.6 Å². The molecule has 0 saturated heterocycles. The van der Waals surface area contributed by atoms with Gasteiger partial charge in [-0.25, -0.2) is 9.97 Å². The van der Waals surface area contributed by atoms with Crippen LogP contribution in [0.4, 0.5) is 5.13 Å².